The van der Waals surface area contributed by atoms with Crippen LogP contribution < -0.4 is 5.32 Å². The van der Waals surface area contributed by atoms with Crippen LogP contribution in [0, 0.1) is 0 Å². The van der Waals surface area contributed by atoms with Gasteiger partial charge in [-0.15, -0.1) is 0 Å². The molecular weight excluding hydrogens is 308 g/mol. The summed E-state index contributed by atoms with van der Waals surface area (Å²) in [5, 5.41) is 2.70. The number of amides is 2. The van der Waals surface area contributed by atoms with Gasteiger partial charge in [-0.2, -0.15) is 0 Å². The number of aromatic nitrogens is 4. The van der Waals surface area contributed by atoms with Crippen LogP contribution in [0.1, 0.15) is 47.7 Å². The van der Waals surface area contributed by atoms with Crippen molar-refractivity contribution >= 4 is 11.8 Å². The van der Waals surface area contributed by atoms with Gasteiger partial charge in [-0.1, -0.05) is 0 Å². The topological polar surface area (TPSA) is 101 Å². The number of rotatable bonds is 4. The summed E-state index contributed by atoms with van der Waals surface area (Å²) >= 11 is 0. The smallest absolute Gasteiger partial charge is 0.274 e. The van der Waals surface area contributed by atoms with E-state index in [1.165, 1.54) is 25.5 Å². The van der Waals surface area contributed by atoms with E-state index in [0.717, 1.165) is 18.5 Å². The zero-order chi connectivity index (χ0) is 16.9. The van der Waals surface area contributed by atoms with Gasteiger partial charge in [0.1, 0.15) is 5.69 Å². The lowest BCUT2D eigenvalue weighted by molar-refractivity contribution is -0.119. The molecule has 2 aromatic rings. The third kappa shape index (κ3) is 3.53. The third-order valence-corrected chi connectivity index (χ3v) is 3.86. The molecule has 0 radical (unpaired) electrons. The molecule has 1 atom stereocenters. The summed E-state index contributed by atoms with van der Waals surface area (Å²) in [5.74, 6) is -0.276. The quantitative estimate of drug-likeness (QED) is 0.895. The first-order valence-corrected chi connectivity index (χ1v) is 7.77. The van der Waals surface area contributed by atoms with Crippen LogP contribution >= 0.6 is 0 Å². The van der Waals surface area contributed by atoms with E-state index in [2.05, 4.69) is 25.3 Å². The minimum Gasteiger partial charge on any atom is -0.351 e. The Morgan fingerprint density at radius 3 is 2.88 bits per heavy atom. The Kier molecular flexibility index (Phi) is 4.74. The van der Waals surface area contributed by atoms with E-state index in [1.54, 1.807) is 17.3 Å². The molecule has 1 fully saturated rings. The van der Waals surface area contributed by atoms with Crippen molar-refractivity contribution in [2.45, 2.75) is 32.4 Å². The van der Waals surface area contributed by atoms with Crippen LogP contribution in [0.2, 0.25) is 0 Å². The minimum atomic E-state index is -0.153. The Balaban J connectivity index is 1.79. The van der Waals surface area contributed by atoms with Gasteiger partial charge in [0.25, 0.3) is 5.91 Å². The number of hydrogen-bond acceptors (Lipinski definition) is 6. The van der Waals surface area contributed by atoms with Crippen LogP contribution in [-0.4, -0.2) is 43.2 Å². The van der Waals surface area contributed by atoms with Gasteiger partial charge in [-0.25, -0.2) is 4.98 Å². The molecule has 0 saturated carbocycles. The first-order chi connectivity index (χ1) is 11.6. The fraction of sp³-hybridized carbons (Fsp3) is 0.375. The molecule has 8 nitrogen and oxygen atoms in total. The van der Waals surface area contributed by atoms with Crippen molar-refractivity contribution in [1.29, 1.82) is 0 Å². The van der Waals surface area contributed by atoms with Crippen LogP contribution in [0.3, 0.4) is 0 Å². The molecule has 3 heterocycles. The monoisotopic (exact) mass is 326 g/mol. The number of carbonyl (C=O) groups excluding carboxylic acids is 2. The van der Waals surface area contributed by atoms with E-state index in [1.807, 2.05) is 0 Å². The van der Waals surface area contributed by atoms with Gasteiger partial charge in [0.05, 0.1) is 42.6 Å². The summed E-state index contributed by atoms with van der Waals surface area (Å²) in [6.07, 6.45) is 9.52. The highest BCUT2D eigenvalue weighted by Crippen LogP contribution is 2.31. The second-order valence-corrected chi connectivity index (χ2v) is 5.59. The molecule has 0 unspecified atom stereocenters. The molecule has 1 aliphatic heterocycles. The van der Waals surface area contributed by atoms with Gasteiger partial charge < -0.3 is 10.2 Å². The molecule has 2 amide bonds. The van der Waals surface area contributed by atoms with Gasteiger partial charge in [-0.05, 0) is 12.8 Å². The lowest BCUT2D eigenvalue weighted by Crippen LogP contribution is -2.32. The average Bonchev–Trinajstić information content (AvgIpc) is 3.10. The molecule has 0 aromatic carbocycles. The van der Waals surface area contributed by atoms with E-state index in [4.69, 9.17) is 0 Å². The second kappa shape index (κ2) is 7.12. The normalized spacial score (nSPS) is 16.9. The molecule has 8 heteroatoms. The molecule has 0 aliphatic carbocycles. The summed E-state index contributed by atoms with van der Waals surface area (Å²) in [7, 11) is 0. The van der Waals surface area contributed by atoms with Crippen LogP contribution in [0.4, 0.5) is 0 Å². The lowest BCUT2D eigenvalue weighted by Gasteiger charge is -2.23. The number of likely N-dealkylation sites (tertiary alicyclic amines) is 1. The maximum atomic E-state index is 12.6. The molecule has 3 rings (SSSR count). The summed E-state index contributed by atoms with van der Waals surface area (Å²) in [6, 6.07) is -0.135. The maximum Gasteiger partial charge on any atom is 0.274 e. The average molecular weight is 326 g/mol. The minimum absolute atomic E-state index is 0.123. The van der Waals surface area contributed by atoms with Crippen LogP contribution in [0.5, 0.6) is 0 Å². The largest absolute Gasteiger partial charge is 0.351 e. The lowest BCUT2D eigenvalue weighted by atomic mass is 10.1. The molecule has 2 aromatic heterocycles. The molecule has 24 heavy (non-hydrogen) atoms. The first kappa shape index (κ1) is 16.0. The molecule has 1 N–H and O–H groups in total. The zero-order valence-corrected chi connectivity index (χ0v) is 13.3. The fourth-order valence-electron chi connectivity index (χ4n) is 2.76. The van der Waals surface area contributed by atoms with Crippen LogP contribution in [-0.2, 0) is 11.3 Å². The SMILES string of the molecule is CC(=O)NCc1cncc([C@H]2CCCN2C(=O)c2cnccn2)n1. The van der Waals surface area contributed by atoms with Gasteiger partial charge in [0.2, 0.25) is 5.91 Å². The number of carbonyl (C=O) groups is 2. The van der Waals surface area contributed by atoms with Gasteiger partial charge >= 0.3 is 0 Å². The van der Waals surface area contributed by atoms with Crippen molar-refractivity contribution in [3.8, 4) is 0 Å². The van der Waals surface area contributed by atoms with Crippen molar-refractivity contribution < 1.29 is 9.59 Å². The Morgan fingerprint density at radius 2 is 2.12 bits per heavy atom. The number of nitrogens with one attached hydrogen (secondary N) is 1. The zero-order valence-electron chi connectivity index (χ0n) is 13.3. The summed E-state index contributed by atoms with van der Waals surface area (Å²) in [4.78, 5) is 42.2. The molecule has 1 aliphatic rings. The highest BCUT2D eigenvalue weighted by Gasteiger charge is 2.32. The van der Waals surface area contributed by atoms with Crippen LogP contribution in [0.15, 0.2) is 31.0 Å². The van der Waals surface area contributed by atoms with Crippen molar-refractivity contribution in [2.24, 2.45) is 0 Å². The van der Waals surface area contributed by atoms with E-state index in [0.29, 0.717) is 24.5 Å². The van der Waals surface area contributed by atoms with Crippen molar-refractivity contribution in [3.63, 3.8) is 0 Å². The van der Waals surface area contributed by atoms with Gasteiger partial charge in [0.15, 0.2) is 0 Å². The standard InChI is InChI=1S/C16H18N6O2/c1-11(23)20-8-12-7-18-9-13(21-12)15-3-2-6-22(15)16(24)14-10-17-4-5-19-14/h4-5,7,9-10,15H,2-3,6,8H2,1H3,(H,20,23)/t15-/m1/s1. The Bertz CT molecular complexity index is 736. The predicted molar refractivity (Wildman–Crippen MR) is 84.6 cm³/mol. The first-order valence-electron chi connectivity index (χ1n) is 7.77. The van der Waals surface area contributed by atoms with Gasteiger partial charge in [-0.3, -0.25) is 24.5 Å². The molecule has 0 spiro atoms. The fourth-order valence-corrected chi connectivity index (χ4v) is 2.76. The summed E-state index contributed by atoms with van der Waals surface area (Å²) in [5.41, 5.74) is 1.72. The number of nitrogens with zero attached hydrogens (tertiary/aromatic N) is 5. The van der Waals surface area contributed by atoms with Crippen molar-refractivity contribution in [3.05, 3.63) is 48.1 Å². The van der Waals surface area contributed by atoms with Crippen LogP contribution in [0.25, 0.3) is 0 Å². The highest BCUT2D eigenvalue weighted by molar-refractivity contribution is 5.92. The summed E-state index contributed by atoms with van der Waals surface area (Å²) < 4.78 is 0. The third-order valence-electron chi connectivity index (χ3n) is 3.86. The second-order valence-electron chi connectivity index (χ2n) is 5.59. The molecular formula is C16H18N6O2. The van der Waals surface area contributed by atoms with Crippen molar-refractivity contribution in [1.82, 2.24) is 30.2 Å². The van der Waals surface area contributed by atoms with E-state index < -0.39 is 0 Å². The van der Waals surface area contributed by atoms with Crippen molar-refractivity contribution in [2.75, 3.05) is 6.54 Å². The Hall–Kier alpha value is -2.90. The maximum absolute atomic E-state index is 12.6. The molecule has 1 saturated heterocycles. The summed E-state index contributed by atoms with van der Waals surface area (Å²) in [6.45, 7) is 2.42. The Labute approximate surface area is 139 Å². The van der Waals surface area contributed by atoms with E-state index in [9.17, 15) is 9.59 Å². The number of hydrogen-bond donors (Lipinski definition) is 1. The van der Waals surface area contributed by atoms with E-state index in [-0.39, 0.29) is 17.9 Å². The molecule has 0 bridgehead atoms. The Morgan fingerprint density at radius 1 is 1.25 bits per heavy atom. The predicted octanol–water partition coefficient (Wildman–Crippen LogP) is 0.880. The highest BCUT2D eigenvalue weighted by atomic mass is 16.2. The van der Waals surface area contributed by atoms with Gasteiger partial charge in [0, 0.05) is 25.9 Å². The molecule has 124 valence electrons. The van der Waals surface area contributed by atoms with E-state index >= 15 is 0 Å².